The predicted octanol–water partition coefficient (Wildman–Crippen LogP) is 1.37. The highest BCUT2D eigenvalue weighted by Crippen LogP contribution is 2.54. The summed E-state index contributed by atoms with van der Waals surface area (Å²) in [7, 11) is 1.86. The first-order chi connectivity index (χ1) is 9.54. The third kappa shape index (κ3) is 2.55. The van der Waals surface area contributed by atoms with Gasteiger partial charge in [0, 0.05) is 13.1 Å². The number of carbonyl (C=O) groups is 2. The van der Waals surface area contributed by atoms with E-state index in [9.17, 15) is 9.59 Å². The first-order valence-electron chi connectivity index (χ1n) is 7.59. The molecule has 0 aromatic rings. The van der Waals surface area contributed by atoms with Gasteiger partial charge in [-0.05, 0) is 55.8 Å². The molecule has 0 aliphatic heterocycles. The second kappa shape index (κ2) is 5.35. The van der Waals surface area contributed by atoms with Crippen molar-refractivity contribution in [3.05, 3.63) is 0 Å². The fourth-order valence-electron chi connectivity index (χ4n) is 5.02. The Labute approximate surface area is 119 Å². The number of likely N-dealkylation sites (N-methyl/N-ethyl adjacent to an activating group) is 1. The van der Waals surface area contributed by atoms with Crippen molar-refractivity contribution in [3.63, 3.8) is 0 Å². The molecule has 4 bridgehead atoms. The monoisotopic (exact) mass is 281 g/mol. The zero-order valence-electron chi connectivity index (χ0n) is 12.0. The molecule has 4 saturated carbocycles. The van der Waals surface area contributed by atoms with Gasteiger partial charge in [-0.25, -0.2) is 4.79 Å². The number of nitrogens with zero attached hydrogens (tertiary/aromatic N) is 1. The summed E-state index contributed by atoms with van der Waals surface area (Å²) >= 11 is 0. The second-order valence-electron chi connectivity index (χ2n) is 6.81. The summed E-state index contributed by atoms with van der Waals surface area (Å²) in [5.74, 6) is 1.97. The van der Waals surface area contributed by atoms with Gasteiger partial charge in [-0.1, -0.05) is 0 Å². The van der Waals surface area contributed by atoms with E-state index < -0.39 is 12.6 Å². The van der Waals surface area contributed by atoms with Crippen LogP contribution in [0, 0.1) is 23.7 Å². The number of carboxylic acid groups (broad SMARTS) is 1. The van der Waals surface area contributed by atoms with Crippen LogP contribution in [0.2, 0.25) is 0 Å². The Balaban J connectivity index is 1.58. The predicted molar refractivity (Wildman–Crippen MR) is 72.1 cm³/mol. The number of hydrogen-bond donors (Lipinski definition) is 1. The van der Waals surface area contributed by atoms with E-state index in [1.54, 1.807) is 0 Å². The third-order valence-corrected chi connectivity index (χ3v) is 5.47. The third-order valence-electron chi connectivity index (χ3n) is 5.47. The van der Waals surface area contributed by atoms with Gasteiger partial charge in [0.15, 0.2) is 0 Å². The van der Waals surface area contributed by atoms with Crippen LogP contribution in [0.25, 0.3) is 0 Å². The molecule has 20 heavy (non-hydrogen) atoms. The molecule has 0 radical (unpaired) electrons. The van der Waals surface area contributed by atoms with Crippen molar-refractivity contribution in [3.8, 4) is 0 Å². The zero-order valence-corrected chi connectivity index (χ0v) is 12.0. The largest absolute Gasteiger partial charge is 0.480 e. The van der Waals surface area contributed by atoms with Crippen molar-refractivity contribution in [1.29, 1.82) is 0 Å². The number of hydrogen-bond acceptors (Lipinski definition) is 3. The number of aliphatic carboxylic acids is 1. The lowest BCUT2D eigenvalue weighted by Gasteiger charge is -2.56. The zero-order chi connectivity index (χ0) is 14.3. The Bertz CT molecular complexity index is 381. The Morgan fingerprint density at radius 2 is 1.60 bits per heavy atom. The molecule has 0 aromatic carbocycles. The van der Waals surface area contributed by atoms with Gasteiger partial charge in [-0.2, -0.15) is 0 Å². The molecule has 0 aromatic heterocycles. The van der Waals surface area contributed by atoms with Crippen LogP contribution in [-0.4, -0.2) is 48.2 Å². The summed E-state index contributed by atoms with van der Waals surface area (Å²) in [6.45, 7) is -0.521. The SMILES string of the molecule is CN(C(=O)COCC(=O)O)C1C2CC3CC(C2)CC1C3. The normalized spacial score (nSPS) is 38.0. The average molecular weight is 281 g/mol. The van der Waals surface area contributed by atoms with Crippen LogP contribution in [0.1, 0.15) is 32.1 Å². The highest BCUT2D eigenvalue weighted by molar-refractivity contribution is 5.78. The summed E-state index contributed by atoms with van der Waals surface area (Å²) in [6, 6.07) is 0.351. The molecule has 4 aliphatic rings. The van der Waals surface area contributed by atoms with E-state index in [4.69, 9.17) is 9.84 Å². The van der Waals surface area contributed by atoms with E-state index in [1.165, 1.54) is 32.1 Å². The second-order valence-corrected chi connectivity index (χ2v) is 6.81. The summed E-state index contributed by atoms with van der Waals surface area (Å²) in [5.41, 5.74) is 0. The Hall–Kier alpha value is -1.10. The van der Waals surface area contributed by atoms with Crippen LogP contribution < -0.4 is 0 Å². The fourth-order valence-corrected chi connectivity index (χ4v) is 5.02. The lowest BCUT2D eigenvalue weighted by molar-refractivity contribution is -0.150. The first-order valence-corrected chi connectivity index (χ1v) is 7.59. The van der Waals surface area contributed by atoms with Crippen molar-refractivity contribution in [2.45, 2.75) is 38.1 Å². The quantitative estimate of drug-likeness (QED) is 0.826. The van der Waals surface area contributed by atoms with Crippen LogP contribution in [0.5, 0.6) is 0 Å². The maximum Gasteiger partial charge on any atom is 0.329 e. The molecule has 4 aliphatic carbocycles. The van der Waals surface area contributed by atoms with E-state index in [-0.39, 0.29) is 12.5 Å². The maximum absolute atomic E-state index is 12.2. The van der Waals surface area contributed by atoms with Gasteiger partial charge < -0.3 is 14.7 Å². The minimum Gasteiger partial charge on any atom is -0.480 e. The molecule has 0 heterocycles. The molecule has 112 valence electrons. The van der Waals surface area contributed by atoms with Crippen molar-refractivity contribution in [1.82, 2.24) is 4.90 Å². The first kappa shape index (κ1) is 13.9. The maximum atomic E-state index is 12.2. The number of carboxylic acids is 1. The van der Waals surface area contributed by atoms with E-state index in [0.717, 1.165) is 11.8 Å². The van der Waals surface area contributed by atoms with Crippen molar-refractivity contribution in [2.24, 2.45) is 23.7 Å². The molecule has 4 rings (SSSR count). The van der Waals surface area contributed by atoms with E-state index >= 15 is 0 Å². The molecule has 0 unspecified atom stereocenters. The highest BCUT2D eigenvalue weighted by atomic mass is 16.5. The van der Waals surface area contributed by atoms with Crippen LogP contribution in [0.4, 0.5) is 0 Å². The van der Waals surface area contributed by atoms with Crippen LogP contribution in [0.15, 0.2) is 0 Å². The minimum atomic E-state index is -1.03. The van der Waals surface area contributed by atoms with Gasteiger partial charge in [-0.3, -0.25) is 4.79 Å². The number of ether oxygens (including phenoxy) is 1. The molecular weight excluding hydrogens is 258 g/mol. The molecule has 5 nitrogen and oxygen atoms in total. The molecule has 1 amide bonds. The number of rotatable bonds is 5. The topological polar surface area (TPSA) is 66.8 Å². The van der Waals surface area contributed by atoms with Crippen molar-refractivity contribution in [2.75, 3.05) is 20.3 Å². The van der Waals surface area contributed by atoms with Gasteiger partial charge >= 0.3 is 5.97 Å². The standard InChI is InChI=1S/C15H23NO4/c1-16(13(17)7-20-8-14(18)19)15-11-3-9-2-10(5-11)6-12(15)4-9/h9-12,15H,2-8H2,1H3,(H,18,19). The lowest BCUT2D eigenvalue weighted by atomic mass is 9.54. The van der Waals surface area contributed by atoms with Gasteiger partial charge in [0.1, 0.15) is 13.2 Å². The fraction of sp³-hybridized carbons (Fsp3) is 0.867. The number of carbonyl (C=O) groups excluding carboxylic acids is 1. The van der Waals surface area contributed by atoms with Crippen LogP contribution in [-0.2, 0) is 14.3 Å². The van der Waals surface area contributed by atoms with E-state index in [1.807, 2.05) is 11.9 Å². The van der Waals surface area contributed by atoms with Crippen LogP contribution in [0.3, 0.4) is 0 Å². The summed E-state index contributed by atoms with van der Waals surface area (Å²) < 4.78 is 4.93. The smallest absolute Gasteiger partial charge is 0.329 e. The molecule has 0 saturated heterocycles. The molecule has 0 spiro atoms. The van der Waals surface area contributed by atoms with Gasteiger partial charge in [0.2, 0.25) is 5.91 Å². The summed E-state index contributed by atoms with van der Waals surface area (Å²) in [4.78, 5) is 24.4. The molecule has 0 atom stereocenters. The summed E-state index contributed by atoms with van der Waals surface area (Å²) in [6.07, 6.45) is 6.48. The average Bonchev–Trinajstić information content (AvgIpc) is 2.36. The Kier molecular flexibility index (Phi) is 3.71. The highest BCUT2D eigenvalue weighted by Gasteiger charge is 2.50. The van der Waals surface area contributed by atoms with Crippen molar-refractivity contribution < 1.29 is 19.4 Å². The Morgan fingerprint density at radius 3 is 2.10 bits per heavy atom. The van der Waals surface area contributed by atoms with E-state index in [0.29, 0.717) is 17.9 Å². The van der Waals surface area contributed by atoms with Gasteiger partial charge in [-0.15, -0.1) is 0 Å². The summed E-state index contributed by atoms with van der Waals surface area (Å²) in [5, 5.41) is 8.53. The number of amides is 1. The molecule has 4 fully saturated rings. The van der Waals surface area contributed by atoms with Gasteiger partial charge in [0.25, 0.3) is 0 Å². The lowest BCUT2D eigenvalue weighted by Crippen LogP contribution is -2.56. The molecule has 1 N–H and O–H groups in total. The van der Waals surface area contributed by atoms with Crippen LogP contribution >= 0.6 is 0 Å². The van der Waals surface area contributed by atoms with Gasteiger partial charge in [0.05, 0.1) is 0 Å². The van der Waals surface area contributed by atoms with E-state index in [2.05, 4.69) is 0 Å². The van der Waals surface area contributed by atoms with Crippen molar-refractivity contribution >= 4 is 11.9 Å². The molecular formula is C15H23NO4. The Morgan fingerprint density at radius 1 is 1.05 bits per heavy atom. The molecule has 5 heteroatoms. The minimum absolute atomic E-state index is 0.0799.